The quantitative estimate of drug-likeness (QED) is 0.592. The van der Waals surface area contributed by atoms with Gasteiger partial charge < -0.3 is 16.0 Å². The van der Waals surface area contributed by atoms with Crippen LogP contribution in [0.15, 0.2) is 35.3 Å². The van der Waals surface area contributed by atoms with Crippen LogP contribution in [0.2, 0.25) is 0 Å². The van der Waals surface area contributed by atoms with Crippen molar-refractivity contribution in [3.8, 4) is 0 Å². The number of hydrogen-bond acceptors (Lipinski definition) is 1. The predicted molar refractivity (Wildman–Crippen MR) is 74.4 cm³/mol. The zero-order valence-electron chi connectivity index (χ0n) is 10.8. The van der Waals surface area contributed by atoms with Gasteiger partial charge in [-0.25, -0.2) is 0 Å². The summed E-state index contributed by atoms with van der Waals surface area (Å²) in [5, 5.41) is 0.985. The first-order valence-electron chi connectivity index (χ1n) is 5.78. The normalized spacial score (nSPS) is 9.50. The standard InChI is InChI=1S/C11H12N4O.C2H6/c1-15-8-5-3-2-4-7(8)6-9(15)10(16)14-11(12)13;1-2/h2-6H,1H3,(H4,12,13,14,16);1-2H3. The van der Waals surface area contributed by atoms with Crippen molar-refractivity contribution < 1.29 is 4.79 Å². The number of nitrogens with two attached hydrogens (primary N) is 2. The SMILES string of the molecule is CC.Cn1c(C(=O)N=C(N)N)cc2ccccc21. The van der Waals surface area contributed by atoms with Gasteiger partial charge in [-0.05, 0) is 12.1 Å². The molecule has 5 nitrogen and oxygen atoms in total. The number of aryl methyl sites for hydroxylation is 1. The van der Waals surface area contributed by atoms with E-state index in [9.17, 15) is 4.79 Å². The molecule has 0 aliphatic carbocycles. The van der Waals surface area contributed by atoms with Gasteiger partial charge in [-0.15, -0.1) is 0 Å². The predicted octanol–water partition coefficient (Wildman–Crippen LogP) is 1.62. The molecule has 1 heterocycles. The van der Waals surface area contributed by atoms with Crippen molar-refractivity contribution in [2.45, 2.75) is 13.8 Å². The van der Waals surface area contributed by atoms with Gasteiger partial charge in [0.2, 0.25) is 0 Å². The molecule has 0 unspecified atom stereocenters. The number of amides is 1. The van der Waals surface area contributed by atoms with Gasteiger partial charge in [-0.2, -0.15) is 4.99 Å². The Bertz CT molecular complexity index is 580. The van der Waals surface area contributed by atoms with Crippen LogP contribution in [0.4, 0.5) is 0 Å². The van der Waals surface area contributed by atoms with Gasteiger partial charge in [0.1, 0.15) is 5.69 Å². The van der Waals surface area contributed by atoms with Crippen LogP contribution in [-0.2, 0) is 7.05 Å². The maximum absolute atomic E-state index is 11.7. The van der Waals surface area contributed by atoms with Crippen molar-refractivity contribution in [2.75, 3.05) is 0 Å². The maximum atomic E-state index is 11.7. The van der Waals surface area contributed by atoms with Gasteiger partial charge >= 0.3 is 0 Å². The zero-order valence-corrected chi connectivity index (χ0v) is 10.8. The molecule has 1 aromatic carbocycles. The first-order chi connectivity index (χ1) is 8.59. The number of hydrogen-bond donors (Lipinski definition) is 2. The van der Waals surface area contributed by atoms with E-state index in [4.69, 9.17) is 11.5 Å². The first kappa shape index (κ1) is 13.8. The van der Waals surface area contributed by atoms with Gasteiger partial charge in [-0.1, -0.05) is 32.0 Å². The molecule has 0 saturated carbocycles. The van der Waals surface area contributed by atoms with E-state index in [0.29, 0.717) is 5.69 Å². The van der Waals surface area contributed by atoms with Crippen molar-refractivity contribution in [1.82, 2.24) is 4.57 Å². The molecule has 0 fully saturated rings. The Hall–Kier alpha value is -2.30. The summed E-state index contributed by atoms with van der Waals surface area (Å²) < 4.78 is 1.77. The van der Waals surface area contributed by atoms with E-state index < -0.39 is 5.91 Å². The third-order valence-electron chi connectivity index (χ3n) is 2.40. The molecule has 0 bridgehead atoms. The fourth-order valence-electron chi connectivity index (χ4n) is 1.67. The highest BCUT2D eigenvalue weighted by Crippen LogP contribution is 2.18. The summed E-state index contributed by atoms with van der Waals surface area (Å²) in [5.74, 6) is -0.658. The molecule has 5 heteroatoms. The van der Waals surface area contributed by atoms with Crippen molar-refractivity contribution in [2.24, 2.45) is 23.5 Å². The van der Waals surface area contributed by atoms with E-state index in [2.05, 4.69) is 4.99 Å². The Labute approximate surface area is 106 Å². The molecule has 2 aromatic rings. The molecule has 1 aromatic heterocycles. The number of fused-ring (bicyclic) bond motifs is 1. The summed E-state index contributed by atoms with van der Waals surface area (Å²) in [5.41, 5.74) is 11.8. The fraction of sp³-hybridized carbons (Fsp3) is 0.231. The van der Waals surface area contributed by atoms with Crippen LogP contribution in [0.1, 0.15) is 24.3 Å². The minimum absolute atomic E-state index is 0.227. The van der Waals surface area contributed by atoms with Gasteiger partial charge in [0.25, 0.3) is 5.91 Å². The second kappa shape index (κ2) is 5.86. The zero-order chi connectivity index (χ0) is 13.7. The lowest BCUT2D eigenvalue weighted by Crippen LogP contribution is -2.24. The summed E-state index contributed by atoms with van der Waals surface area (Å²) in [6, 6.07) is 9.46. The fourth-order valence-corrected chi connectivity index (χ4v) is 1.67. The number of nitrogens with zero attached hydrogens (tertiary/aromatic N) is 2. The smallest absolute Gasteiger partial charge is 0.296 e. The van der Waals surface area contributed by atoms with Crippen LogP contribution in [0.3, 0.4) is 0 Å². The van der Waals surface area contributed by atoms with Crippen molar-refractivity contribution in [1.29, 1.82) is 0 Å². The molecular formula is C13H18N4O. The molecule has 0 aliphatic rings. The Morgan fingerprint density at radius 3 is 2.39 bits per heavy atom. The Kier molecular flexibility index (Phi) is 4.48. The molecule has 4 N–H and O–H groups in total. The average molecular weight is 246 g/mol. The number of carbonyl (C=O) groups excluding carboxylic acids is 1. The number of aliphatic imine (C=N–C) groups is 1. The van der Waals surface area contributed by atoms with E-state index in [0.717, 1.165) is 10.9 Å². The minimum Gasteiger partial charge on any atom is -0.370 e. The Balaban J connectivity index is 0.000000771. The maximum Gasteiger partial charge on any atom is 0.296 e. The highest BCUT2D eigenvalue weighted by Gasteiger charge is 2.12. The molecule has 1 amide bonds. The number of para-hydroxylation sites is 1. The van der Waals surface area contributed by atoms with E-state index in [-0.39, 0.29) is 5.96 Å². The number of carbonyl (C=O) groups is 1. The summed E-state index contributed by atoms with van der Waals surface area (Å²) >= 11 is 0. The van der Waals surface area contributed by atoms with E-state index in [1.807, 2.05) is 38.1 Å². The molecule has 0 radical (unpaired) electrons. The number of benzene rings is 1. The molecule has 18 heavy (non-hydrogen) atoms. The van der Waals surface area contributed by atoms with Crippen LogP contribution in [0.25, 0.3) is 10.9 Å². The molecule has 0 aliphatic heterocycles. The number of guanidine groups is 1. The minimum atomic E-state index is -0.432. The second-order valence-corrected chi connectivity index (χ2v) is 3.49. The van der Waals surface area contributed by atoms with Crippen LogP contribution in [0.5, 0.6) is 0 Å². The first-order valence-corrected chi connectivity index (χ1v) is 5.78. The van der Waals surface area contributed by atoms with Crippen LogP contribution < -0.4 is 11.5 Å². The van der Waals surface area contributed by atoms with Crippen LogP contribution >= 0.6 is 0 Å². The van der Waals surface area contributed by atoms with E-state index >= 15 is 0 Å². The number of aromatic nitrogens is 1. The molecular weight excluding hydrogens is 228 g/mol. The lowest BCUT2D eigenvalue weighted by Gasteiger charge is -1.99. The highest BCUT2D eigenvalue weighted by molar-refractivity contribution is 6.04. The molecule has 0 atom stereocenters. The lowest BCUT2D eigenvalue weighted by atomic mass is 10.2. The monoisotopic (exact) mass is 246 g/mol. The molecule has 2 rings (SSSR count). The van der Waals surface area contributed by atoms with E-state index in [1.54, 1.807) is 17.7 Å². The topological polar surface area (TPSA) is 86.4 Å². The summed E-state index contributed by atoms with van der Waals surface area (Å²) in [4.78, 5) is 15.2. The Morgan fingerprint density at radius 2 is 1.83 bits per heavy atom. The average Bonchev–Trinajstić information content (AvgIpc) is 2.69. The highest BCUT2D eigenvalue weighted by atomic mass is 16.1. The largest absolute Gasteiger partial charge is 0.370 e. The molecule has 96 valence electrons. The van der Waals surface area contributed by atoms with Gasteiger partial charge in [-0.3, -0.25) is 4.79 Å². The van der Waals surface area contributed by atoms with Gasteiger partial charge in [0.05, 0.1) is 0 Å². The van der Waals surface area contributed by atoms with Crippen molar-refractivity contribution in [3.63, 3.8) is 0 Å². The summed E-state index contributed by atoms with van der Waals surface area (Å²) in [6.07, 6.45) is 0. The second-order valence-electron chi connectivity index (χ2n) is 3.49. The van der Waals surface area contributed by atoms with Crippen LogP contribution in [0, 0.1) is 0 Å². The van der Waals surface area contributed by atoms with Crippen LogP contribution in [-0.4, -0.2) is 16.4 Å². The lowest BCUT2D eigenvalue weighted by molar-refractivity contribution is 0.0995. The van der Waals surface area contributed by atoms with Gasteiger partial charge in [0, 0.05) is 18.0 Å². The molecule has 0 spiro atoms. The van der Waals surface area contributed by atoms with Crippen molar-refractivity contribution >= 4 is 22.8 Å². The summed E-state index contributed by atoms with van der Waals surface area (Å²) in [6.45, 7) is 4.00. The third-order valence-corrected chi connectivity index (χ3v) is 2.40. The van der Waals surface area contributed by atoms with E-state index in [1.165, 1.54) is 0 Å². The third kappa shape index (κ3) is 2.68. The van der Waals surface area contributed by atoms with Crippen molar-refractivity contribution in [3.05, 3.63) is 36.0 Å². The molecule has 0 saturated heterocycles. The van der Waals surface area contributed by atoms with Gasteiger partial charge in [0.15, 0.2) is 5.96 Å². The Morgan fingerprint density at radius 1 is 1.22 bits per heavy atom. The number of rotatable bonds is 1. The summed E-state index contributed by atoms with van der Waals surface area (Å²) in [7, 11) is 1.80.